The van der Waals surface area contributed by atoms with Gasteiger partial charge in [-0.1, -0.05) is 11.6 Å². The first-order chi connectivity index (χ1) is 11.3. The molecule has 132 valence electrons. The minimum Gasteiger partial charge on any atom is -0.348 e. The Labute approximate surface area is 144 Å². The highest BCUT2D eigenvalue weighted by molar-refractivity contribution is 7.89. The average molecular weight is 351 g/mol. The van der Waals surface area contributed by atoms with Gasteiger partial charge in [0.25, 0.3) is 5.91 Å². The number of carbonyl (C=O) groups is 1. The smallest absolute Gasteiger partial charge is 0.251 e. The SMILES string of the molecule is CC(C)N(C)S(=O)(=O)c1ccc(C(=O)NCC2=CCNCC2)cc1. The Bertz CT molecular complexity index is 709. The molecule has 0 aliphatic carbocycles. The molecule has 0 saturated heterocycles. The molecule has 0 aromatic heterocycles. The zero-order valence-corrected chi connectivity index (χ0v) is 15.2. The van der Waals surface area contributed by atoms with Crippen LogP contribution in [-0.2, 0) is 10.0 Å². The Balaban J connectivity index is 2.03. The quantitative estimate of drug-likeness (QED) is 0.759. The van der Waals surface area contributed by atoms with E-state index < -0.39 is 10.0 Å². The summed E-state index contributed by atoms with van der Waals surface area (Å²) in [5.74, 6) is -0.199. The molecule has 0 bridgehead atoms. The van der Waals surface area contributed by atoms with E-state index in [0.717, 1.165) is 19.5 Å². The molecule has 0 radical (unpaired) electrons. The lowest BCUT2D eigenvalue weighted by atomic mass is 10.1. The zero-order chi connectivity index (χ0) is 17.7. The van der Waals surface area contributed by atoms with Crippen LogP contribution in [0, 0.1) is 0 Å². The molecule has 6 nitrogen and oxygen atoms in total. The summed E-state index contributed by atoms with van der Waals surface area (Å²) in [7, 11) is -1.98. The minimum atomic E-state index is -3.52. The van der Waals surface area contributed by atoms with Crippen LogP contribution in [0.2, 0.25) is 0 Å². The van der Waals surface area contributed by atoms with E-state index in [-0.39, 0.29) is 16.8 Å². The van der Waals surface area contributed by atoms with Gasteiger partial charge in [-0.05, 0) is 51.1 Å². The van der Waals surface area contributed by atoms with Crippen molar-refractivity contribution in [3.63, 3.8) is 0 Å². The average Bonchev–Trinajstić information content (AvgIpc) is 2.59. The normalized spacial score (nSPS) is 15.5. The molecule has 7 heteroatoms. The second-order valence-electron chi connectivity index (χ2n) is 6.14. The number of amides is 1. The molecule has 1 heterocycles. The van der Waals surface area contributed by atoms with Crippen molar-refractivity contribution in [1.29, 1.82) is 0 Å². The molecule has 0 fully saturated rings. The third-order valence-electron chi connectivity index (χ3n) is 4.15. The Kier molecular flexibility index (Phi) is 6.15. The van der Waals surface area contributed by atoms with Crippen molar-refractivity contribution in [2.75, 3.05) is 26.7 Å². The molecule has 2 N–H and O–H groups in total. The van der Waals surface area contributed by atoms with Crippen molar-refractivity contribution in [2.24, 2.45) is 0 Å². The van der Waals surface area contributed by atoms with E-state index in [1.54, 1.807) is 19.2 Å². The van der Waals surface area contributed by atoms with Gasteiger partial charge in [-0.25, -0.2) is 8.42 Å². The Morgan fingerprint density at radius 2 is 1.96 bits per heavy atom. The van der Waals surface area contributed by atoms with Gasteiger partial charge in [0.05, 0.1) is 4.90 Å². The number of sulfonamides is 1. The van der Waals surface area contributed by atoms with Gasteiger partial charge in [0.1, 0.15) is 0 Å². The molecule has 1 aromatic carbocycles. The first-order valence-corrected chi connectivity index (χ1v) is 9.51. The Morgan fingerprint density at radius 1 is 1.29 bits per heavy atom. The summed E-state index contributed by atoms with van der Waals surface area (Å²) >= 11 is 0. The van der Waals surface area contributed by atoms with E-state index in [4.69, 9.17) is 0 Å². The number of carbonyl (C=O) groups excluding carboxylic acids is 1. The summed E-state index contributed by atoms with van der Waals surface area (Å²) in [5.41, 5.74) is 1.66. The van der Waals surface area contributed by atoms with E-state index in [1.165, 1.54) is 22.0 Å². The van der Waals surface area contributed by atoms with Gasteiger partial charge in [0.15, 0.2) is 0 Å². The van der Waals surface area contributed by atoms with E-state index in [1.807, 2.05) is 13.8 Å². The maximum absolute atomic E-state index is 12.4. The van der Waals surface area contributed by atoms with Crippen molar-refractivity contribution in [2.45, 2.75) is 31.2 Å². The fourth-order valence-corrected chi connectivity index (χ4v) is 3.72. The summed E-state index contributed by atoms with van der Waals surface area (Å²) in [4.78, 5) is 12.4. The van der Waals surface area contributed by atoms with Gasteiger partial charge in [-0.15, -0.1) is 0 Å². The minimum absolute atomic E-state index is 0.128. The predicted octanol–water partition coefficient (Wildman–Crippen LogP) is 1.37. The monoisotopic (exact) mass is 351 g/mol. The highest BCUT2D eigenvalue weighted by Crippen LogP contribution is 2.17. The lowest BCUT2D eigenvalue weighted by Gasteiger charge is -2.21. The van der Waals surface area contributed by atoms with Crippen LogP contribution in [0.25, 0.3) is 0 Å². The molecule has 24 heavy (non-hydrogen) atoms. The maximum atomic E-state index is 12.4. The highest BCUT2D eigenvalue weighted by atomic mass is 32.2. The lowest BCUT2D eigenvalue weighted by molar-refractivity contribution is 0.0956. The van der Waals surface area contributed by atoms with Crippen LogP contribution >= 0.6 is 0 Å². The number of hydrogen-bond donors (Lipinski definition) is 2. The van der Waals surface area contributed by atoms with E-state index in [0.29, 0.717) is 12.1 Å². The number of nitrogens with zero attached hydrogens (tertiary/aromatic N) is 1. The van der Waals surface area contributed by atoms with Crippen molar-refractivity contribution in [3.05, 3.63) is 41.5 Å². The molecule has 1 aliphatic heterocycles. The second-order valence-corrected chi connectivity index (χ2v) is 8.14. The van der Waals surface area contributed by atoms with Crippen molar-refractivity contribution in [3.8, 4) is 0 Å². The summed E-state index contributed by atoms with van der Waals surface area (Å²) in [6.07, 6.45) is 3.01. The third kappa shape index (κ3) is 4.43. The van der Waals surface area contributed by atoms with Gasteiger partial charge in [0.2, 0.25) is 10.0 Å². The van der Waals surface area contributed by atoms with Gasteiger partial charge in [-0.2, -0.15) is 4.31 Å². The van der Waals surface area contributed by atoms with E-state index >= 15 is 0 Å². The maximum Gasteiger partial charge on any atom is 0.251 e. The topological polar surface area (TPSA) is 78.5 Å². The van der Waals surface area contributed by atoms with Gasteiger partial charge < -0.3 is 10.6 Å². The molecule has 2 rings (SSSR count). The fraction of sp³-hybridized carbons (Fsp3) is 0.471. The molecule has 1 amide bonds. The van der Waals surface area contributed by atoms with Crippen LogP contribution in [0.1, 0.15) is 30.6 Å². The van der Waals surface area contributed by atoms with Crippen LogP contribution < -0.4 is 10.6 Å². The summed E-state index contributed by atoms with van der Waals surface area (Å²) in [6, 6.07) is 5.93. The summed E-state index contributed by atoms with van der Waals surface area (Å²) in [6.45, 7) is 5.92. The van der Waals surface area contributed by atoms with Crippen molar-refractivity contribution in [1.82, 2.24) is 14.9 Å². The van der Waals surface area contributed by atoms with Crippen LogP contribution in [0.15, 0.2) is 40.8 Å². The summed E-state index contributed by atoms with van der Waals surface area (Å²) in [5, 5.41) is 6.09. The first kappa shape index (κ1) is 18.6. The Morgan fingerprint density at radius 3 is 2.50 bits per heavy atom. The number of rotatable bonds is 6. The molecule has 1 aliphatic rings. The molecular weight excluding hydrogens is 326 g/mol. The van der Waals surface area contributed by atoms with Crippen LogP contribution in [0.5, 0.6) is 0 Å². The predicted molar refractivity (Wildman–Crippen MR) is 94.4 cm³/mol. The molecule has 0 saturated carbocycles. The fourth-order valence-electron chi connectivity index (χ4n) is 2.35. The number of nitrogens with one attached hydrogen (secondary N) is 2. The number of benzene rings is 1. The van der Waals surface area contributed by atoms with E-state index in [9.17, 15) is 13.2 Å². The van der Waals surface area contributed by atoms with Crippen LogP contribution in [0.4, 0.5) is 0 Å². The van der Waals surface area contributed by atoms with Gasteiger partial charge in [0, 0.05) is 31.7 Å². The first-order valence-electron chi connectivity index (χ1n) is 8.07. The highest BCUT2D eigenvalue weighted by Gasteiger charge is 2.23. The largest absolute Gasteiger partial charge is 0.348 e. The van der Waals surface area contributed by atoms with Crippen molar-refractivity contribution < 1.29 is 13.2 Å². The third-order valence-corrected chi connectivity index (χ3v) is 6.20. The van der Waals surface area contributed by atoms with Crippen LogP contribution in [0.3, 0.4) is 0 Å². The van der Waals surface area contributed by atoms with E-state index in [2.05, 4.69) is 16.7 Å². The molecule has 0 unspecified atom stereocenters. The van der Waals surface area contributed by atoms with Gasteiger partial charge in [-0.3, -0.25) is 4.79 Å². The zero-order valence-electron chi connectivity index (χ0n) is 14.4. The van der Waals surface area contributed by atoms with Crippen molar-refractivity contribution >= 4 is 15.9 Å². The Hall–Kier alpha value is -1.70. The number of hydrogen-bond acceptors (Lipinski definition) is 4. The molecule has 0 atom stereocenters. The lowest BCUT2D eigenvalue weighted by Crippen LogP contribution is -2.33. The molecular formula is C17H25N3O3S. The second kappa shape index (κ2) is 7.92. The molecule has 1 aromatic rings. The van der Waals surface area contributed by atoms with Crippen LogP contribution in [-0.4, -0.2) is 51.4 Å². The summed E-state index contributed by atoms with van der Waals surface area (Å²) < 4.78 is 26.1. The van der Waals surface area contributed by atoms with Gasteiger partial charge >= 0.3 is 0 Å². The standard InChI is InChI=1S/C17H25N3O3S/c1-13(2)20(3)24(22,23)16-6-4-15(5-7-16)17(21)19-12-14-8-10-18-11-9-14/h4-8,13,18H,9-12H2,1-3H3,(H,19,21). The molecule has 0 spiro atoms.